The first-order chi connectivity index (χ1) is 9.03. The Morgan fingerprint density at radius 3 is 2.79 bits per heavy atom. The van der Waals surface area contributed by atoms with E-state index >= 15 is 0 Å². The maximum atomic E-state index is 5.94. The molecular formula is C15H16N2O2. The molecule has 2 aromatic rings. The molecule has 1 aromatic heterocycles. The smallest absolute Gasteiger partial charge is 0.221 e. The molecule has 4 heteroatoms. The minimum absolute atomic E-state index is 0.190. The molecule has 0 saturated heterocycles. The first kappa shape index (κ1) is 11.8. The molecule has 2 N–H and O–H groups in total. The highest BCUT2D eigenvalue weighted by Crippen LogP contribution is 2.43. The predicted molar refractivity (Wildman–Crippen MR) is 73.6 cm³/mol. The summed E-state index contributed by atoms with van der Waals surface area (Å²) in [5.41, 5.74) is 6.61. The van der Waals surface area contributed by atoms with Gasteiger partial charge in [-0.15, -0.1) is 0 Å². The minimum atomic E-state index is -0.190. The third-order valence-electron chi connectivity index (χ3n) is 3.01. The average Bonchev–Trinajstić information content (AvgIpc) is 2.64. The summed E-state index contributed by atoms with van der Waals surface area (Å²) in [5.74, 6) is 2.39. The van der Waals surface area contributed by atoms with E-state index in [-0.39, 0.29) is 5.60 Å². The number of rotatable bonds is 2. The van der Waals surface area contributed by atoms with Crippen LogP contribution in [0.1, 0.15) is 19.4 Å². The van der Waals surface area contributed by atoms with Crippen LogP contribution in [0.4, 0.5) is 5.82 Å². The van der Waals surface area contributed by atoms with E-state index in [1.165, 1.54) is 0 Å². The second-order valence-corrected chi connectivity index (χ2v) is 5.29. The summed E-state index contributed by atoms with van der Waals surface area (Å²) < 4.78 is 11.7. The van der Waals surface area contributed by atoms with Gasteiger partial charge in [0.15, 0.2) is 11.5 Å². The Labute approximate surface area is 112 Å². The molecule has 0 fully saturated rings. The van der Waals surface area contributed by atoms with Crippen molar-refractivity contribution in [3.05, 3.63) is 42.0 Å². The summed E-state index contributed by atoms with van der Waals surface area (Å²) in [7, 11) is 0. The van der Waals surface area contributed by atoms with Crippen LogP contribution in [0, 0.1) is 0 Å². The Morgan fingerprint density at radius 2 is 2.00 bits per heavy atom. The first-order valence-corrected chi connectivity index (χ1v) is 6.25. The lowest BCUT2D eigenvalue weighted by molar-refractivity contribution is 0.135. The van der Waals surface area contributed by atoms with Crippen LogP contribution in [0.25, 0.3) is 0 Å². The topological polar surface area (TPSA) is 57.4 Å². The quantitative estimate of drug-likeness (QED) is 0.896. The van der Waals surface area contributed by atoms with E-state index in [1.54, 1.807) is 12.1 Å². The van der Waals surface area contributed by atoms with Crippen molar-refractivity contribution < 1.29 is 9.47 Å². The molecule has 98 valence electrons. The molecule has 2 heterocycles. The Kier molecular flexibility index (Phi) is 2.59. The molecule has 19 heavy (non-hydrogen) atoms. The Bertz CT molecular complexity index is 623. The highest BCUT2D eigenvalue weighted by molar-refractivity contribution is 5.51. The Hall–Kier alpha value is -2.23. The molecule has 1 aliphatic rings. The number of para-hydroxylation sites is 1. The summed E-state index contributed by atoms with van der Waals surface area (Å²) in [4.78, 5) is 4.13. The first-order valence-electron chi connectivity index (χ1n) is 6.25. The molecular weight excluding hydrogens is 240 g/mol. The van der Waals surface area contributed by atoms with Gasteiger partial charge in [-0.2, -0.15) is 4.98 Å². The maximum absolute atomic E-state index is 5.94. The van der Waals surface area contributed by atoms with Crippen molar-refractivity contribution in [1.82, 2.24) is 4.98 Å². The second-order valence-electron chi connectivity index (χ2n) is 5.29. The number of nitrogens with zero attached hydrogens (tertiary/aromatic N) is 1. The van der Waals surface area contributed by atoms with E-state index in [9.17, 15) is 0 Å². The van der Waals surface area contributed by atoms with Crippen LogP contribution >= 0.6 is 0 Å². The second kappa shape index (κ2) is 4.16. The van der Waals surface area contributed by atoms with Crippen LogP contribution in [0.2, 0.25) is 0 Å². The van der Waals surface area contributed by atoms with E-state index in [0.717, 1.165) is 17.7 Å². The number of pyridine rings is 1. The third-order valence-corrected chi connectivity index (χ3v) is 3.01. The molecule has 0 amide bonds. The Balaban J connectivity index is 1.94. The molecule has 1 aromatic carbocycles. The van der Waals surface area contributed by atoms with Crippen LogP contribution in [0.3, 0.4) is 0 Å². The molecule has 0 saturated carbocycles. The molecule has 0 spiro atoms. The monoisotopic (exact) mass is 256 g/mol. The molecule has 0 radical (unpaired) electrons. The fraction of sp³-hybridized carbons (Fsp3) is 0.267. The fourth-order valence-electron chi connectivity index (χ4n) is 2.27. The van der Waals surface area contributed by atoms with Gasteiger partial charge in [-0.3, -0.25) is 0 Å². The zero-order chi connectivity index (χ0) is 13.5. The van der Waals surface area contributed by atoms with E-state index in [0.29, 0.717) is 17.4 Å². The summed E-state index contributed by atoms with van der Waals surface area (Å²) in [5, 5.41) is 0. The number of ether oxygens (including phenoxy) is 2. The number of hydrogen-bond acceptors (Lipinski definition) is 4. The van der Waals surface area contributed by atoms with Gasteiger partial charge in [-0.05, 0) is 26.0 Å². The number of benzene rings is 1. The van der Waals surface area contributed by atoms with Gasteiger partial charge in [0, 0.05) is 18.1 Å². The Morgan fingerprint density at radius 1 is 1.21 bits per heavy atom. The standard InChI is InChI=1S/C15H16N2O2/c1-15(2)9-10-5-3-6-11(14(10)19-15)18-13-8-4-7-12(16)17-13/h3-8H,9H2,1-2H3,(H2,16,17). The van der Waals surface area contributed by atoms with Crippen molar-refractivity contribution >= 4 is 5.82 Å². The van der Waals surface area contributed by atoms with Crippen molar-refractivity contribution in [3.8, 4) is 17.4 Å². The van der Waals surface area contributed by atoms with Crippen molar-refractivity contribution in [3.63, 3.8) is 0 Å². The molecule has 3 rings (SSSR count). The van der Waals surface area contributed by atoms with Crippen molar-refractivity contribution in [2.24, 2.45) is 0 Å². The van der Waals surface area contributed by atoms with Gasteiger partial charge < -0.3 is 15.2 Å². The number of fused-ring (bicyclic) bond motifs is 1. The summed E-state index contributed by atoms with van der Waals surface area (Å²) in [6, 6.07) is 11.2. The fourth-order valence-corrected chi connectivity index (χ4v) is 2.27. The highest BCUT2D eigenvalue weighted by Gasteiger charge is 2.32. The molecule has 0 bridgehead atoms. The summed E-state index contributed by atoms with van der Waals surface area (Å²) in [6.45, 7) is 4.13. The van der Waals surface area contributed by atoms with Gasteiger partial charge in [0.05, 0.1) is 0 Å². The van der Waals surface area contributed by atoms with Gasteiger partial charge >= 0.3 is 0 Å². The number of nitrogen functional groups attached to an aromatic ring is 1. The zero-order valence-corrected chi connectivity index (χ0v) is 11.0. The van der Waals surface area contributed by atoms with Gasteiger partial charge in [0.1, 0.15) is 11.4 Å². The molecule has 1 aliphatic heterocycles. The van der Waals surface area contributed by atoms with Crippen LogP contribution in [0.5, 0.6) is 17.4 Å². The van der Waals surface area contributed by atoms with Gasteiger partial charge in [-0.1, -0.05) is 18.2 Å². The normalized spacial score (nSPS) is 15.7. The lowest BCUT2D eigenvalue weighted by atomic mass is 10.0. The van der Waals surface area contributed by atoms with Crippen LogP contribution in [-0.2, 0) is 6.42 Å². The van der Waals surface area contributed by atoms with E-state index in [4.69, 9.17) is 15.2 Å². The largest absolute Gasteiger partial charge is 0.483 e. The number of nitrogens with two attached hydrogens (primary N) is 1. The zero-order valence-electron chi connectivity index (χ0n) is 11.0. The van der Waals surface area contributed by atoms with Crippen LogP contribution in [0.15, 0.2) is 36.4 Å². The SMILES string of the molecule is CC1(C)Cc2cccc(Oc3cccc(N)n3)c2O1. The molecule has 0 atom stereocenters. The number of aromatic nitrogens is 1. The van der Waals surface area contributed by atoms with Crippen LogP contribution < -0.4 is 15.2 Å². The minimum Gasteiger partial charge on any atom is -0.483 e. The predicted octanol–water partition coefficient (Wildman–Crippen LogP) is 3.17. The average molecular weight is 256 g/mol. The van der Waals surface area contributed by atoms with E-state index in [2.05, 4.69) is 24.9 Å². The molecule has 4 nitrogen and oxygen atoms in total. The maximum Gasteiger partial charge on any atom is 0.221 e. The van der Waals surface area contributed by atoms with E-state index < -0.39 is 0 Å². The number of hydrogen-bond donors (Lipinski definition) is 1. The van der Waals surface area contributed by atoms with Crippen LogP contribution in [-0.4, -0.2) is 10.6 Å². The summed E-state index contributed by atoms with van der Waals surface area (Å²) in [6.07, 6.45) is 0.879. The third kappa shape index (κ3) is 2.34. The number of anilines is 1. The van der Waals surface area contributed by atoms with E-state index in [1.807, 2.05) is 18.2 Å². The highest BCUT2D eigenvalue weighted by atomic mass is 16.5. The molecule has 0 unspecified atom stereocenters. The lowest BCUT2D eigenvalue weighted by Gasteiger charge is -2.18. The van der Waals surface area contributed by atoms with Gasteiger partial charge in [0.25, 0.3) is 0 Å². The lowest BCUT2D eigenvalue weighted by Crippen LogP contribution is -2.24. The summed E-state index contributed by atoms with van der Waals surface area (Å²) >= 11 is 0. The van der Waals surface area contributed by atoms with Crippen molar-refractivity contribution in [1.29, 1.82) is 0 Å². The van der Waals surface area contributed by atoms with Crippen molar-refractivity contribution in [2.45, 2.75) is 25.9 Å². The van der Waals surface area contributed by atoms with Gasteiger partial charge in [-0.25, -0.2) is 0 Å². The van der Waals surface area contributed by atoms with Gasteiger partial charge in [0.2, 0.25) is 5.88 Å². The molecule has 0 aliphatic carbocycles. The van der Waals surface area contributed by atoms with Crippen molar-refractivity contribution in [2.75, 3.05) is 5.73 Å².